The van der Waals surface area contributed by atoms with Crippen LogP contribution in [0, 0.1) is 11.7 Å². The molecule has 2 heterocycles. The number of ether oxygens (including phenoxy) is 1. The number of aromatic nitrogens is 2. The Kier molecular flexibility index (Phi) is 5.46. The lowest BCUT2D eigenvalue weighted by atomic mass is 10.1. The van der Waals surface area contributed by atoms with Gasteiger partial charge in [-0.05, 0) is 30.5 Å². The van der Waals surface area contributed by atoms with Gasteiger partial charge in [0.05, 0.1) is 5.39 Å². The summed E-state index contributed by atoms with van der Waals surface area (Å²) in [6.07, 6.45) is 1.41. The first-order valence-corrected chi connectivity index (χ1v) is 9.24. The number of fused-ring (bicyclic) bond motifs is 1. The minimum Gasteiger partial charge on any atom is -0.467 e. The Hall–Kier alpha value is -2.54. The molecule has 1 unspecified atom stereocenters. The van der Waals surface area contributed by atoms with Crippen molar-refractivity contribution in [2.45, 2.75) is 26.8 Å². The smallest absolute Gasteiger partial charge is 0.258 e. The molecule has 0 spiro atoms. The summed E-state index contributed by atoms with van der Waals surface area (Å²) in [6, 6.07) is 6.27. The first-order valence-electron chi connectivity index (χ1n) is 8.36. The molecule has 136 valence electrons. The molecule has 0 saturated heterocycles. The highest BCUT2D eigenvalue weighted by atomic mass is 32.1. The fraction of sp³-hybridized carbons (Fsp3) is 0.316. The molecule has 0 aliphatic heterocycles. The Morgan fingerprint density at radius 2 is 1.96 bits per heavy atom. The monoisotopic (exact) mass is 373 g/mol. The maximum atomic E-state index is 13.2. The number of benzene rings is 1. The molecule has 0 aliphatic carbocycles. The zero-order valence-corrected chi connectivity index (χ0v) is 15.6. The molecule has 1 amide bonds. The average Bonchev–Trinajstić information content (AvgIpc) is 3.05. The highest BCUT2D eigenvalue weighted by molar-refractivity contribution is 7.17. The minimum atomic E-state index is -0.294. The second-order valence-corrected chi connectivity index (χ2v) is 7.26. The molecule has 0 fully saturated rings. The first-order chi connectivity index (χ1) is 12.5. The quantitative estimate of drug-likeness (QED) is 0.708. The van der Waals surface area contributed by atoms with E-state index in [1.807, 2.05) is 26.2 Å². The van der Waals surface area contributed by atoms with Crippen LogP contribution in [-0.4, -0.2) is 28.5 Å². The van der Waals surface area contributed by atoms with Gasteiger partial charge in [0.2, 0.25) is 5.88 Å². The van der Waals surface area contributed by atoms with E-state index in [2.05, 4.69) is 15.3 Å². The average molecular weight is 373 g/mol. The predicted molar refractivity (Wildman–Crippen MR) is 101 cm³/mol. The molecule has 3 aromatic rings. The van der Waals surface area contributed by atoms with Crippen LogP contribution in [0.15, 0.2) is 36.0 Å². The van der Waals surface area contributed by atoms with E-state index in [1.54, 1.807) is 12.1 Å². The predicted octanol–water partition coefficient (Wildman–Crippen LogP) is 4.04. The zero-order chi connectivity index (χ0) is 18.7. The lowest BCUT2D eigenvalue weighted by Crippen LogP contribution is -2.39. The first kappa shape index (κ1) is 18.3. The van der Waals surface area contributed by atoms with Gasteiger partial charge in [-0.2, -0.15) is 0 Å². The fourth-order valence-corrected chi connectivity index (χ4v) is 3.30. The van der Waals surface area contributed by atoms with Gasteiger partial charge in [0.1, 0.15) is 17.0 Å². The zero-order valence-electron chi connectivity index (χ0n) is 14.8. The summed E-state index contributed by atoms with van der Waals surface area (Å²) in [6.45, 7) is 5.92. The lowest BCUT2D eigenvalue weighted by molar-refractivity contribution is -0.124. The van der Waals surface area contributed by atoms with Crippen LogP contribution in [-0.2, 0) is 4.79 Å². The molecule has 2 aromatic heterocycles. The molecule has 0 radical (unpaired) electrons. The molecule has 0 aliphatic rings. The Morgan fingerprint density at radius 1 is 1.23 bits per heavy atom. The Labute approximate surface area is 155 Å². The van der Waals surface area contributed by atoms with Crippen molar-refractivity contribution in [3.8, 4) is 17.0 Å². The van der Waals surface area contributed by atoms with E-state index < -0.39 is 0 Å². The van der Waals surface area contributed by atoms with Gasteiger partial charge >= 0.3 is 0 Å². The van der Waals surface area contributed by atoms with Gasteiger partial charge in [0.15, 0.2) is 6.61 Å². The van der Waals surface area contributed by atoms with Crippen molar-refractivity contribution in [2.24, 2.45) is 5.92 Å². The van der Waals surface area contributed by atoms with Crippen molar-refractivity contribution >= 4 is 27.5 Å². The second-order valence-electron chi connectivity index (χ2n) is 6.40. The van der Waals surface area contributed by atoms with Gasteiger partial charge in [-0.3, -0.25) is 4.79 Å². The molecule has 5 nitrogen and oxygen atoms in total. The van der Waals surface area contributed by atoms with Crippen molar-refractivity contribution in [1.29, 1.82) is 0 Å². The maximum Gasteiger partial charge on any atom is 0.258 e. The minimum absolute atomic E-state index is 0.0624. The lowest BCUT2D eigenvalue weighted by Gasteiger charge is -2.17. The summed E-state index contributed by atoms with van der Waals surface area (Å²) in [5.41, 5.74) is 1.70. The van der Waals surface area contributed by atoms with Gasteiger partial charge in [0, 0.05) is 17.0 Å². The number of hydrogen-bond acceptors (Lipinski definition) is 5. The van der Waals surface area contributed by atoms with E-state index in [0.717, 1.165) is 21.3 Å². The van der Waals surface area contributed by atoms with Crippen molar-refractivity contribution in [3.05, 3.63) is 41.8 Å². The highest BCUT2D eigenvalue weighted by Crippen LogP contribution is 2.37. The van der Waals surface area contributed by atoms with Gasteiger partial charge < -0.3 is 10.1 Å². The summed E-state index contributed by atoms with van der Waals surface area (Å²) in [4.78, 5) is 21.3. The Morgan fingerprint density at radius 3 is 2.65 bits per heavy atom. The SMILES string of the molecule is CC(C)C(C)NC(=O)COc1ncnc2scc(-c3ccc(F)cc3)c12. The topological polar surface area (TPSA) is 64.1 Å². The largest absolute Gasteiger partial charge is 0.467 e. The molecule has 0 bridgehead atoms. The third-order valence-corrected chi connectivity index (χ3v) is 5.11. The molecule has 0 saturated carbocycles. The number of rotatable bonds is 6. The van der Waals surface area contributed by atoms with Crippen LogP contribution < -0.4 is 10.1 Å². The van der Waals surface area contributed by atoms with Crippen LogP contribution in [0.2, 0.25) is 0 Å². The second kappa shape index (κ2) is 7.78. The molecular formula is C19H20FN3O2S. The summed E-state index contributed by atoms with van der Waals surface area (Å²) in [5, 5.41) is 5.56. The van der Waals surface area contributed by atoms with Gasteiger partial charge in [-0.1, -0.05) is 26.0 Å². The molecule has 1 N–H and O–H groups in total. The van der Waals surface area contributed by atoms with Crippen LogP contribution in [0.1, 0.15) is 20.8 Å². The van der Waals surface area contributed by atoms with Crippen molar-refractivity contribution < 1.29 is 13.9 Å². The Balaban J connectivity index is 1.84. The van der Waals surface area contributed by atoms with Crippen LogP contribution in [0.25, 0.3) is 21.3 Å². The van der Waals surface area contributed by atoms with E-state index in [4.69, 9.17) is 4.74 Å². The summed E-state index contributed by atoms with van der Waals surface area (Å²) < 4.78 is 18.9. The number of carbonyl (C=O) groups is 1. The van der Waals surface area contributed by atoms with Crippen molar-refractivity contribution in [1.82, 2.24) is 15.3 Å². The molecule has 26 heavy (non-hydrogen) atoms. The number of nitrogens with zero attached hydrogens (tertiary/aromatic N) is 2. The van der Waals surface area contributed by atoms with E-state index in [0.29, 0.717) is 11.8 Å². The molecule has 3 rings (SSSR count). The number of hydrogen-bond donors (Lipinski definition) is 1. The maximum absolute atomic E-state index is 13.2. The van der Waals surface area contributed by atoms with Gasteiger partial charge in [0.25, 0.3) is 5.91 Å². The van der Waals surface area contributed by atoms with E-state index in [9.17, 15) is 9.18 Å². The van der Waals surface area contributed by atoms with Gasteiger partial charge in [-0.25, -0.2) is 14.4 Å². The Bertz CT molecular complexity index is 909. The van der Waals surface area contributed by atoms with Gasteiger partial charge in [-0.15, -0.1) is 11.3 Å². The van der Waals surface area contributed by atoms with Crippen LogP contribution >= 0.6 is 11.3 Å². The summed E-state index contributed by atoms with van der Waals surface area (Å²) in [7, 11) is 0. The molecule has 1 atom stereocenters. The van der Waals surface area contributed by atoms with E-state index in [-0.39, 0.29) is 24.4 Å². The number of thiophene rings is 1. The van der Waals surface area contributed by atoms with Crippen LogP contribution in [0.3, 0.4) is 0 Å². The number of halogens is 1. The molecule has 1 aromatic carbocycles. The van der Waals surface area contributed by atoms with E-state index in [1.165, 1.54) is 29.8 Å². The standard InChI is InChI=1S/C19H20FN3O2S/c1-11(2)12(3)23-16(24)8-25-18-17-15(9-26-19(17)22-10-21-18)13-4-6-14(20)7-5-13/h4-7,9-12H,8H2,1-3H3,(H,23,24). The highest BCUT2D eigenvalue weighted by Gasteiger charge is 2.16. The van der Waals surface area contributed by atoms with Crippen molar-refractivity contribution in [3.63, 3.8) is 0 Å². The third kappa shape index (κ3) is 3.99. The third-order valence-electron chi connectivity index (χ3n) is 4.22. The normalized spacial score (nSPS) is 12.3. The van der Waals surface area contributed by atoms with E-state index >= 15 is 0 Å². The molecular weight excluding hydrogens is 353 g/mol. The number of nitrogens with one attached hydrogen (secondary N) is 1. The number of amides is 1. The van der Waals surface area contributed by atoms with Crippen molar-refractivity contribution in [2.75, 3.05) is 6.61 Å². The number of carbonyl (C=O) groups excluding carboxylic acids is 1. The van der Waals surface area contributed by atoms with Crippen LogP contribution in [0.4, 0.5) is 4.39 Å². The fourth-order valence-electron chi connectivity index (χ4n) is 2.40. The molecule has 7 heteroatoms. The summed E-state index contributed by atoms with van der Waals surface area (Å²) >= 11 is 1.45. The van der Waals surface area contributed by atoms with Crippen LogP contribution in [0.5, 0.6) is 5.88 Å². The summed E-state index contributed by atoms with van der Waals surface area (Å²) in [5.74, 6) is 0.197.